The molecule has 1 heterocycles. The Labute approximate surface area is 72.7 Å². The molecule has 0 saturated heterocycles. The van der Waals surface area contributed by atoms with E-state index in [2.05, 4.69) is 0 Å². The van der Waals surface area contributed by atoms with Crippen LogP contribution in [0.3, 0.4) is 0 Å². The largest absolute Gasteiger partial charge is 0.469 e. The Morgan fingerprint density at radius 1 is 1.50 bits per heavy atom. The molecular formula is C10H15NO. The van der Waals surface area contributed by atoms with Crippen LogP contribution in [-0.4, -0.2) is 6.54 Å². The van der Waals surface area contributed by atoms with Crippen molar-refractivity contribution in [1.82, 2.24) is 0 Å². The summed E-state index contributed by atoms with van der Waals surface area (Å²) >= 11 is 0. The van der Waals surface area contributed by atoms with E-state index in [1.54, 1.807) is 6.26 Å². The maximum Gasteiger partial charge on any atom is 0.104 e. The highest BCUT2D eigenvalue weighted by atomic mass is 16.3. The van der Waals surface area contributed by atoms with E-state index in [4.69, 9.17) is 10.2 Å². The lowest BCUT2D eigenvalue weighted by Gasteiger charge is -2.40. The summed E-state index contributed by atoms with van der Waals surface area (Å²) < 4.78 is 5.31. The van der Waals surface area contributed by atoms with Crippen LogP contribution in [0.15, 0.2) is 22.8 Å². The molecule has 12 heavy (non-hydrogen) atoms. The van der Waals surface area contributed by atoms with Crippen LogP contribution in [0, 0.1) is 5.41 Å². The summed E-state index contributed by atoms with van der Waals surface area (Å²) in [4.78, 5) is 0. The quantitative estimate of drug-likeness (QED) is 0.743. The van der Waals surface area contributed by atoms with Gasteiger partial charge in [0.2, 0.25) is 0 Å². The van der Waals surface area contributed by atoms with Crippen LogP contribution >= 0.6 is 0 Å². The van der Waals surface area contributed by atoms with Gasteiger partial charge in [0.25, 0.3) is 0 Å². The maximum absolute atomic E-state index is 5.74. The van der Waals surface area contributed by atoms with E-state index in [-0.39, 0.29) is 0 Å². The fraction of sp³-hybridized carbons (Fsp3) is 0.600. The maximum atomic E-state index is 5.74. The van der Waals surface area contributed by atoms with Gasteiger partial charge in [-0.1, -0.05) is 6.42 Å². The Hall–Kier alpha value is -0.760. The molecule has 0 unspecified atom stereocenters. The molecule has 2 N–H and O–H groups in total. The van der Waals surface area contributed by atoms with Crippen molar-refractivity contribution in [1.29, 1.82) is 0 Å². The third-order valence-corrected chi connectivity index (χ3v) is 2.98. The molecule has 1 aromatic heterocycles. The molecule has 0 spiro atoms. The second-order valence-electron chi connectivity index (χ2n) is 3.81. The molecule has 0 aromatic carbocycles. The first-order valence-corrected chi connectivity index (χ1v) is 4.57. The van der Waals surface area contributed by atoms with Crippen LogP contribution in [-0.2, 0) is 6.42 Å². The van der Waals surface area contributed by atoms with Gasteiger partial charge in [0.15, 0.2) is 0 Å². The zero-order chi connectivity index (χ0) is 8.44. The summed E-state index contributed by atoms with van der Waals surface area (Å²) in [5.41, 5.74) is 6.12. The molecule has 66 valence electrons. The summed E-state index contributed by atoms with van der Waals surface area (Å²) in [5, 5.41) is 0. The van der Waals surface area contributed by atoms with E-state index in [1.807, 2.05) is 12.1 Å². The minimum Gasteiger partial charge on any atom is -0.469 e. The molecular weight excluding hydrogens is 150 g/mol. The molecule has 2 heteroatoms. The topological polar surface area (TPSA) is 39.2 Å². The van der Waals surface area contributed by atoms with E-state index >= 15 is 0 Å². The lowest BCUT2D eigenvalue weighted by molar-refractivity contribution is 0.135. The zero-order valence-electron chi connectivity index (χ0n) is 7.25. The monoisotopic (exact) mass is 165 g/mol. The lowest BCUT2D eigenvalue weighted by Crippen LogP contribution is -2.39. The van der Waals surface area contributed by atoms with Gasteiger partial charge in [-0.05, 0) is 36.9 Å². The Morgan fingerprint density at radius 3 is 2.75 bits per heavy atom. The first-order valence-electron chi connectivity index (χ1n) is 4.57. The molecule has 0 radical (unpaired) electrons. The average Bonchev–Trinajstić information content (AvgIpc) is 2.49. The van der Waals surface area contributed by atoms with Gasteiger partial charge in [-0.2, -0.15) is 0 Å². The number of nitrogens with two attached hydrogens (primary N) is 1. The van der Waals surface area contributed by atoms with Gasteiger partial charge in [-0.3, -0.25) is 0 Å². The normalized spacial score (nSPS) is 20.4. The van der Waals surface area contributed by atoms with Crippen LogP contribution in [0.25, 0.3) is 0 Å². The van der Waals surface area contributed by atoms with Crippen LogP contribution in [0.1, 0.15) is 25.0 Å². The Balaban J connectivity index is 2.01. The Bertz CT molecular complexity index is 231. The summed E-state index contributed by atoms with van der Waals surface area (Å²) in [6, 6.07) is 3.98. The smallest absolute Gasteiger partial charge is 0.104 e. The Morgan fingerprint density at radius 2 is 2.33 bits per heavy atom. The van der Waals surface area contributed by atoms with Gasteiger partial charge in [-0.15, -0.1) is 0 Å². The number of furan rings is 1. The van der Waals surface area contributed by atoms with Crippen molar-refractivity contribution >= 4 is 0 Å². The standard InChI is InChI=1S/C10H15NO/c11-8-10(4-2-5-10)7-9-3-1-6-12-9/h1,3,6H,2,4-5,7-8,11H2. The van der Waals surface area contributed by atoms with E-state index < -0.39 is 0 Å². The van der Waals surface area contributed by atoms with Gasteiger partial charge in [-0.25, -0.2) is 0 Å². The summed E-state index contributed by atoms with van der Waals surface area (Å²) in [7, 11) is 0. The van der Waals surface area contributed by atoms with Gasteiger partial charge < -0.3 is 10.2 Å². The predicted octanol–water partition coefficient (Wildman–Crippen LogP) is 1.95. The molecule has 2 nitrogen and oxygen atoms in total. The van der Waals surface area contributed by atoms with Gasteiger partial charge in [0.1, 0.15) is 5.76 Å². The zero-order valence-corrected chi connectivity index (χ0v) is 7.25. The predicted molar refractivity (Wildman–Crippen MR) is 47.8 cm³/mol. The van der Waals surface area contributed by atoms with E-state index in [0.29, 0.717) is 5.41 Å². The van der Waals surface area contributed by atoms with Gasteiger partial charge in [0, 0.05) is 6.42 Å². The second kappa shape index (κ2) is 2.94. The molecule has 1 saturated carbocycles. The minimum atomic E-state index is 0.373. The molecule has 1 aromatic rings. The van der Waals surface area contributed by atoms with Crippen molar-refractivity contribution in [3.63, 3.8) is 0 Å². The molecule has 1 fully saturated rings. The molecule has 0 atom stereocenters. The second-order valence-corrected chi connectivity index (χ2v) is 3.81. The van der Waals surface area contributed by atoms with E-state index in [0.717, 1.165) is 18.7 Å². The lowest BCUT2D eigenvalue weighted by atomic mass is 9.66. The van der Waals surface area contributed by atoms with Crippen molar-refractivity contribution in [2.75, 3.05) is 6.54 Å². The molecule has 0 aliphatic heterocycles. The molecule has 1 aliphatic carbocycles. The van der Waals surface area contributed by atoms with E-state index in [9.17, 15) is 0 Å². The van der Waals surface area contributed by atoms with Gasteiger partial charge in [0.05, 0.1) is 6.26 Å². The average molecular weight is 165 g/mol. The van der Waals surface area contributed by atoms with Crippen molar-refractivity contribution in [2.45, 2.75) is 25.7 Å². The third-order valence-electron chi connectivity index (χ3n) is 2.98. The number of hydrogen-bond acceptors (Lipinski definition) is 2. The van der Waals surface area contributed by atoms with Crippen molar-refractivity contribution in [3.05, 3.63) is 24.2 Å². The fourth-order valence-electron chi connectivity index (χ4n) is 1.91. The molecule has 0 amide bonds. The first-order chi connectivity index (χ1) is 5.85. The fourth-order valence-corrected chi connectivity index (χ4v) is 1.91. The number of rotatable bonds is 3. The molecule has 1 aliphatic rings. The first kappa shape index (κ1) is 7.87. The molecule has 2 rings (SSSR count). The highest BCUT2D eigenvalue weighted by molar-refractivity contribution is 5.05. The third kappa shape index (κ3) is 1.27. The Kier molecular flexibility index (Phi) is 1.93. The van der Waals surface area contributed by atoms with Crippen molar-refractivity contribution in [2.24, 2.45) is 11.1 Å². The van der Waals surface area contributed by atoms with Crippen molar-refractivity contribution < 1.29 is 4.42 Å². The highest BCUT2D eigenvalue weighted by Crippen LogP contribution is 2.42. The van der Waals surface area contributed by atoms with Crippen LogP contribution < -0.4 is 5.73 Å². The number of hydrogen-bond donors (Lipinski definition) is 1. The van der Waals surface area contributed by atoms with Crippen LogP contribution in [0.2, 0.25) is 0 Å². The minimum absolute atomic E-state index is 0.373. The summed E-state index contributed by atoms with van der Waals surface area (Å²) in [5.74, 6) is 1.08. The molecule has 0 bridgehead atoms. The van der Waals surface area contributed by atoms with Crippen molar-refractivity contribution in [3.8, 4) is 0 Å². The van der Waals surface area contributed by atoms with E-state index in [1.165, 1.54) is 19.3 Å². The SMILES string of the molecule is NCC1(Cc2ccco2)CCC1. The van der Waals surface area contributed by atoms with Crippen LogP contribution in [0.4, 0.5) is 0 Å². The summed E-state index contributed by atoms with van der Waals surface area (Å²) in [6.07, 6.45) is 6.63. The van der Waals surface area contributed by atoms with Crippen LogP contribution in [0.5, 0.6) is 0 Å². The highest BCUT2D eigenvalue weighted by Gasteiger charge is 2.36. The van der Waals surface area contributed by atoms with Gasteiger partial charge >= 0.3 is 0 Å². The summed E-state index contributed by atoms with van der Waals surface area (Å²) in [6.45, 7) is 0.799.